The second-order valence-electron chi connectivity index (χ2n) is 8.78. The second kappa shape index (κ2) is 9.30. The lowest BCUT2D eigenvalue weighted by Gasteiger charge is -2.38. The predicted octanol–water partition coefficient (Wildman–Crippen LogP) is 5.54. The highest BCUT2D eigenvalue weighted by Gasteiger charge is 2.52. The molecular weight excluding hydrogens is 497 g/mol. The summed E-state index contributed by atoms with van der Waals surface area (Å²) in [5.41, 5.74) is 1.19. The van der Waals surface area contributed by atoms with E-state index < -0.39 is 11.3 Å². The van der Waals surface area contributed by atoms with Crippen LogP contribution in [0.25, 0.3) is 0 Å². The molecule has 0 spiro atoms. The van der Waals surface area contributed by atoms with Crippen LogP contribution in [0.1, 0.15) is 45.2 Å². The van der Waals surface area contributed by atoms with Crippen LogP contribution in [0.2, 0.25) is 10.0 Å². The van der Waals surface area contributed by atoms with Crippen LogP contribution < -0.4 is 0 Å². The van der Waals surface area contributed by atoms with Gasteiger partial charge in [0, 0.05) is 47.4 Å². The summed E-state index contributed by atoms with van der Waals surface area (Å²) in [6.45, 7) is 1.87. The van der Waals surface area contributed by atoms with Crippen LogP contribution in [-0.4, -0.2) is 33.0 Å². The number of pyridine rings is 2. The number of aromatic nitrogens is 2. The zero-order valence-electron chi connectivity index (χ0n) is 19.7. The number of amides is 1. The van der Waals surface area contributed by atoms with Crippen molar-refractivity contribution in [3.05, 3.63) is 129 Å². The van der Waals surface area contributed by atoms with Gasteiger partial charge in [-0.2, -0.15) is 0 Å². The van der Waals surface area contributed by atoms with Gasteiger partial charge in [-0.25, -0.2) is 0 Å². The summed E-state index contributed by atoms with van der Waals surface area (Å²) >= 11 is 12.2. The van der Waals surface area contributed by atoms with Crippen LogP contribution in [0.5, 0.6) is 0 Å². The molecule has 3 heterocycles. The van der Waals surface area contributed by atoms with Crippen molar-refractivity contribution in [3.8, 4) is 0 Å². The quantitative estimate of drug-likeness (QED) is 0.361. The number of aliphatic hydroxyl groups is 1. The molecule has 0 fully saturated rings. The molecule has 4 aromatic rings. The van der Waals surface area contributed by atoms with Crippen molar-refractivity contribution in [2.75, 3.05) is 7.11 Å². The summed E-state index contributed by atoms with van der Waals surface area (Å²) in [7, 11) is 1.57. The topological polar surface area (TPSA) is 75.6 Å². The Labute approximate surface area is 219 Å². The van der Waals surface area contributed by atoms with Gasteiger partial charge in [-0.05, 0) is 60.5 Å². The number of methoxy groups -OCH3 is 1. The Bertz CT molecular complexity index is 1410. The summed E-state index contributed by atoms with van der Waals surface area (Å²) in [6.07, 6.45) is 4.80. The molecule has 1 aliphatic rings. The van der Waals surface area contributed by atoms with Crippen LogP contribution >= 0.6 is 23.2 Å². The number of rotatable bonds is 6. The van der Waals surface area contributed by atoms with Gasteiger partial charge in [0.15, 0.2) is 5.72 Å². The first-order valence-electron chi connectivity index (χ1n) is 11.3. The Morgan fingerprint density at radius 3 is 2.31 bits per heavy atom. The van der Waals surface area contributed by atoms with Crippen molar-refractivity contribution >= 4 is 29.1 Å². The van der Waals surface area contributed by atoms with E-state index in [-0.39, 0.29) is 12.5 Å². The number of fused-ring (bicyclic) bond motifs is 1. The van der Waals surface area contributed by atoms with E-state index in [9.17, 15) is 9.90 Å². The Kier molecular flexibility index (Phi) is 6.30. The predicted molar refractivity (Wildman–Crippen MR) is 138 cm³/mol. The van der Waals surface area contributed by atoms with Crippen LogP contribution in [-0.2, 0) is 22.6 Å². The highest BCUT2D eigenvalue weighted by molar-refractivity contribution is 6.30. The van der Waals surface area contributed by atoms with Gasteiger partial charge in [-0.3, -0.25) is 19.7 Å². The molecule has 0 saturated heterocycles. The SMILES string of the molecule is CO[C@]1(c2ccc(Cl)cc2)c2ccc(C(C)(O)c3ccncc3)cc2C(=O)N1Cc1ccc(Cl)cn1. The molecule has 0 aliphatic carbocycles. The lowest BCUT2D eigenvalue weighted by atomic mass is 9.85. The summed E-state index contributed by atoms with van der Waals surface area (Å²) in [5.74, 6) is -0.245. The third-order valence-corrected chi connectivity index (χ3v) is 7.16. The van der Waals surface area contributed by atoms with Crippen LogP contribution in [0.3, 0.4) is 0 Å². The molecular formula is C28H23Cl2N3O3. The van der Waals surface area contributed by atoms with Crippen LogP contribution in [0.4, 0.5) is 0 Å². The average Bonchev–Trinajstić information content (AvgIpc) is 3.14. The number of hydrogen-bond acceptors (Lipinski definition) is 5. The van der Waals surface area contributed by atoms with Gasteiger partial charge in [-0.15, -0.1) is 0 Å². The number of halogens is 2. The van der Waals surface area contributed by atoms with Crippen molar-refractivity contribution in [2.24, 2.45) is 0 Å². The van der Waals surface area contributed by atoms with E-state index in [1.54, 1.807) is 80.0 Å². The summed E-state index contributed by atoms with van der Waals surface area (Å²) < 4.78 is 6.18. The number of nitrogens with zero attached hydrogens (tertiary/aromatic N) is 3. The van der Waals surface area contributed by atoms with E-state index in [2.05, 4.69) is 9.97 Å². The Balaban J connectivity index is 1.67. The van der Waals surface area contributed by atoms with Gasteiger partial charge in [0.2, 0.25) is 0 Å². The van der Waals surface area contributed by atoms with Crippen LogP contribution in [0, 0.1) is 0 Å². The summed E-state index contributed by atoms with van der Waals surface area (Å²) in [4.78, 5) is 24.0. The maximum Gasteiger partial charge on any atom is 0.257 e. The Morgan fingerprint density at radius 2 is 1.67 bits per heavy atom. The van der Waals surface area contributed by atoms with Crippen molar-refractivity contribution in [2.45, 2.75) is 24.8 Å². The lowest BCUT2D eigenvalue weighted by Crippen LogP contribution is -2.45. The second-order valence-corrected chi connectivity index (χ2v) is 9.66. The summed E-state index contributed by atoms with van der Waals surface area (Å²) in [6, 6.07) is 19.6. The number of carbonyl (C=O) groups is 1. The fourth-order valence-electron chi connectivity index (χ4n) is 4.77. The maximum absolute atomic E-state index is 14.0. The molecule has 1 aliphatic heterocycles. The summed E-state index contributed by atoms with van der Waals surface area (Å²) in [5, 5.41) is 12.5. The fourth-order valence-corrected chi connectivity index (χ4v) is 5.00. The van der Waals surface area contributed by atoms with E-state index in [4.69, 9.17) is 27.9 Å². The lowest BCUT2D eigenvalue weighted by molar-refractivity contribution is -0.0868. The first-order chi connectivity index (χ1) is 17.3. The third kappa shape index (κ3) is 3.96. The minimum absolute atomic E-state index is 0.178. The third-order valence-electron chi connectivity index (χ3n) is 6.68. The number of carbonyl (C=O) groups excluding carboxylic acids is 1. The molecule has 1 N–H and O–H groups in total. The van der Waals surface area contributed by atoms with Gasteiger partial charge in [0.25, 0.3) is 5.91 Å². The van der Waals surface area contributed by atoms with Crippen molar-refractivity contribution in [1.29, 1.82) is 0 Å². The molecule has 2 aromatic heterocycles. The highest BCUT2D eigenvalue weighted by Crippen LogP contribution is 2.47. The monoisotopic (exact) mass is 519 g/mol. The molecule has 0 bridgehead atoms. The Hall–Kier alpha value is -3.29. The molecule has 0 radical (unpaired) electrons. The maximum atomic E-state index is 14.0. The van der Waals surface area contributed by atoms with Gasteiger partial charge >= 0.3 is 0 Å². The standard InChI is InChI=1S/C28H23Cl2N3O3/c1-27(35,18-11-13-31-14-12-18)20-5-10-25-24(15-20)26(34)33(17-23-9-8-22(30)16-32-23)28(25,36-2)19-3-6-21(29)7-4-19/h3-16,35H,17H2,1-2H3/t27?,28-/m1/s1. The van der Waals surface area contributed by atoms with E-state index >= 15 is 0 Å². The largest absolute Gasteiger partial charge is 0.381 e. The minimum Gasteiger partial charge on any atom is -0.381 e. The fraction of sp³-hybridized carbons (Fsp3) is 0.179. The van der Waals surface area contributed by atoms with E-state index in [1.807, 2.05) is 24.3 Å². The molecule has 36 heavy (non-hydrogen) atoms. The van der Waals surface area contributed by atoms with E-state index in [0.717, 1.165) is 5.56 Å². The van der Waals surface area contributed by atoms with Gasteiger partial charge in [0.05, 0.1) is 17.3 Å². The molecule has 2 atom stereocenters. The van der Waals surface area contributed by atoms with Crippen molar-refractivity contribution in [3.63, 3.8) is 0 Å². The number of benzene rings is 2. The zero-order valence-corrected chi connectivity index (χ0v) is 21.2. The minimum atomic E-state index is -1.33. The van der Waals surface area contributed by atoms with Gasteiger partial charge in [-0.1, -0.05) is 47.5 Å². The molecule has 8 heteroatoms. The molecule has 2 aromatic carbocycles. The highest BCUT2D eigenvalue weighted by atomic mass is 35.5. The van der Waals surface area contributed by atoms with Gasteiger partial charge in [0.1, 0.15) is 5.60 Å². The number of ether oxygens (including phenoxy) is 1. The van der Waals surface area contributed by atoms with Gasteiger partial charge < -0.3 is 9.84 Å². The number of hydrogen-bond donors (Lipinski definition) is 1. The molecule has 1 amide bonds. The molecule has 1 unspecified atom stereocenters. The van der Waals surface area contributed by atoms with E-state index in [1.165, 1.54) is 0 Å². The first-order valence-corrected chi connectivity index (χ1v) is 12.0. The Morgan fingerprint density at radius 1 is 0.972 bits per heavy atom. The first kappa shape index (κ1) is 24.4. The van der Waals surface area contributed by atoms with Crippen molar-refractivity contribution < 1.29 is 14.6 Å². The zero-order chi connectivity index (χ0) is 25.5. The molecule has 6 nitrogen and oxygen atoms in total. The molecule has 182 valence electrons. The van der Waals surface area contributed by atoms with E-state index in [0.29, 0.717) is 38.0 Å². The average molecular weight is 520 g/mol. The van der Waals surface area contributed by atoms with Crippen molar-refractivity contribution in [1.82, 2.24) is 14.9 Å². The van der Waals surface area contributed by atoms with Crippen LogP contribution in [0.15, 0.2) is 85.3 Å². The normalized spacial score (nSPS) is 18.7. The molecule has 0 saturated carbocycles. The molecule has 5 rings (SSSR count). The smallest absolute Gasteiger partial charge is 0.257 e.